The van der Waals surface area contributed by atoms with E-state index in [4.69, 9.17) is 14.5 Å². The smallest absolute Gasteiger partial charge is 0.325 e. The van der Waals surface area contributed by atoms with E-state index in [0.29, 0.717) is 11.4 Å². The van der Waals surface area contributed by atoms with E-state index in [9.17, 15) is 9.36 Å². The first-order valence-corrected chi connectivity index (χ1v) is 7.19. The third kappa shape index (κ3) is 5.82. The molecule has 0 atom stereocenters. The van der Waals surface area contributed by atoms with Crippen LogP contribution in [-0.2, 0) is 9.36 Å². The molecule has 1 amide bonds. The summed E-state index contributed by atoms with van der Waals surface area (Å²) in [5.74, 6) is 0.347. The SMILES string of the molecule is COc1cccc(NC(=O)CCCP(=O)(O)O)c1. The Bertz CT molecular complexity index is 457. The lowest BCUT2D eigenvalue weighted by Crippen LogP contribution is -2.11. The molecule has 0 aromatic heterocycles. The second kappa shape index (κ2) is 6.54. The van der Waals surface area contributed by atoms with Crippen LogP contribution in [0.5, 0.6) is 5.75 Å². The molecule has 0 fully saturated rings. The summed E-state index contributed by atoms with van der Waals surface area (Å²) < 4.78 is 15.6. The van der Waals surface area contributed by atoms with Gasteiger partial charge in [-0.15, -0.1) is 0 Å². The van der Waals surface area contributed by atoms with Crippen molar-refractivity contribution in [1.82, 2.24) is 0 Å². The molecule has 1 rings (SSSR count). The summed E-state index contributed by atoms with van der Waals surface area (Å²) in [6.07, 6.45) is -0.0546. The van der Waals surface area contributed by atoms with Crippen molar-refractivity contribution in [1.29, 1.82) is 0 Å². The summed E-state index contributed by atoms with van der Waals surface area (Å²) >= 11 is 0. The lowest BCUT2D eigenvalue weighted by Gasteiger charge is -2.07. The predicted molar refractivity (Wildman–Crippen MR) is 67.8 cm³/mol. The lowest BCUT2D eigenvalue weighted by molar-refractivity contribution is -0.116. The van der Waals surface area contributed by atoms with Crippen LogP contribution in [0.3, 0.4) is 0 Å². The molecule has 1 aromatic rings. The molecule has 18 heavy (non-hydrogen) atoms. The van der Waals surface area contributed by atoms with E-state index in [0.717, 1.165) is 0 Å². The highest BCUT2D eigenvalue weighted by Crippen LogP contribution is 2.35. The normalized spacial score (nSPS) is 11.1. The van der Waals surface area contributed by atoms with E-state index in [1.165, 1.54) is 7.11 Å². The zero-order valence-electron chi connectivity index (χ0n) is 10.00. The molecular weight excluding hydrogens is 257 g/mol. The van der Waals surface area contributed by atoms with Crippen LogP contribution >= 0.6 is 7.60 Å². The molecule has 0 aliphatic heterocycles. The third-order valence-electron chi connectivity index (χ3n) is 2.21. The topological polar surface area (TPSA) is 95.9 Å². The number of carbonyl (C=O) groups is 1. The first-order valence-electron chi connectivity index (χ1n) is 5.39. The number of carbonyl (C=O) groups excluding carboxylic acids is 1. The summed E-state index contributed by atoms with van der Waals surface area (Å²) in [6.45, 7) is 0. The summed E-state index contributed by atoms with van der Waals surface area (Å²) in [5, 5.41) is 2.63. The number of nitrogens with one attached hydrogen (secondary N) is 1. The Kier molecular flexibility index (Phi) is 5.34. The van der Waals surface area contributed by atoms with E-state index in [1.54, 1.807) is 24.3 Å². The van der Waals surface area contributed by atoms with Crippen molar-refractivity contribution < 1.29 is 23.9 Å². The zero-order valence-corrected chi connectivity index (χ0v) is 10.9. The predicted octanol–water partition coefficient (Wildman–Crippen LogP) is 1.59. The van der Waals surface area contributed by atoms with E-state index in [2.05, 4.69) is 5.32 Å². The fourth-order valence-electron chi connectivity index (χ4n) is 1.37. The van der Waals surface area contributed by atoms with Gasteiger partial charge in [0.25, 0.3) is 0 Å². The van der Waals surface area contributed by atoms with Crippen molar-refractivity contribution in [2.24, 2.45) is 0 Å². The van der Waals surface area contributed by atoms with Crippen molar-refractivity contribution in [2.45, 2.75) is 12.8 Å². The fourth-order valence-corrected chi connectivity index (χ4v) is 1.94. The summed E-state index contributed by atoms with van der Waals surface area (Å²) in [6, 6.07) is 6.87. The van der Waals surface area contributed by atoms with Crippen molar-refractivity contribution in [3.05, 3.63) is 24.3 Å². The number of ether oxygens (including phenoxy) is 1. The molecule has 100 valence electrons. The molecule has 0 saturated heterocycles. The van der Waals surface area contributed by atoms with Gasteiger partial charge in [0.2, 0.25) is 5.91 Å². The first-order chi connectivity index (χ1) is 8.40. The van der Waals surface area contributed by atoms with Crippen LogP contribution in [0, 0.1) is 0 Å². The quantitative estimate of drug-likeness (QED) is 0.684. The van der Waals surface area contributed by atoms with Gasteiger partial charge in [-0.3, -0.25) is 9.36 Å². The molecule has 0 spiro atoms. The molecule has 0 aliphatic rings. The standard InChI is InChI=1S/C11H16NO5P/c1-17-10-5-2-4-9(8-10)12-11(13)6-3-7-18(14,15)16/h2,4-5,8H,3,6-7H2,1H3,(H,12,13)(H2,14,15,16). The van der Waals surface area contributed by atoms with Crippen molar-refractivity contribution in [2.75, 3.05) is 18.6 Å². The van der Waals surface area contributed by atoms with E-state index < -0.39 is 7.60 Å². The third-order valence-corrected chi connectivity index (χ3v) is 3.11. The number of methoxy groups -OCH3 is 1. The maximum Gasteiger partial charge on any atom is 0.325 e. The molecule has 0 radical (unpaired) electrons. The van der Waals surface area contributed by atoms with Gasteiger partial charge in [0.15, 0.2) is 0 Å². The summed E-state index contributed by atoms with van der Waals surface area (Å²) in [7, 11) is -2.49. The molecule has 1 aromatic carbocycles. The number of anilines is 1. The van der Waals surface area contributed by atoms with Crippen LogP contribution in [0.2, 0.25) is 0 Å². The Hall–Kier alpha value is -1.36. The minimum absolute atomic E-state index is 0.0717. The Morgan fingerprint density at radius 1 is 1.44 bits per heavy atom. The van der Waals surface area contributed by atoms with Crippen LogP contribution in [0.4, 0.5) is 5.69 Å². The van der Waals surface area contributed by atoms with Crippen molar-refractivity contribution >= 4 is 19.2 Å². The Morgan fingerprint density at radius 2 is 2.17 bits per heavy atom. The average Bonchev–Trinajstić information content (AvgIpc) is 2.27. The second-order valence-corrected chi connectivity index (χ2v) is 5.55. The molecular formula is C11H16NO5P. The van der Waals surface area contributed by atoms with Gasteiger partial charge < -0.3 is 19.8 Å². The number of rotatable bonds is 6. The zero-order chi connectivity index (χ0) is 13.6. The van der Waals surface area contributed by atoms with Gasteiger partial charge in [-0.05, 0) is 18.6 Å². The molecule has 6 nitrogen and oxygen atoms in total. The van der Waals surface area contributed by atoms with Gasteiger partial charge in [0, 0.05) is 18.2 Å². The molecule has 7 heteroatoms. The van der Waals surface area contributed by atoms with Crippen molar-refractivity contribution in [3.63, 3.8) is 0 Å². The van der Waals surface area contributed by atoms with Gasteiger partial charge in [0.05, 0.1) is 13.3 Å². The highest BCUT2D eigenvalue weighted by molar-refractivity contribution is 7.51. The largest absolute Gasteiger partial charge is 0.497 e. The number of amides is 1. The molecule has 0 saturated carbocycles. The van der Waals surface area contributed by atoms with Crippen LogP contribution in [0.1, 0.15) is 12.8 Å². The number of hydrogen-bond donors (Lipinski definition) is 3. The molecule has 0 unspecified atom stereocenters. The van der Waals surface area contributed by atoms with Crippen molar-refractivity contribution in [3.8, 4) is 5.75 Å². The van der Waals surface area contributed by atoms with Crippen LogP contribution in [0.15, 0.2) is 24.3 Å². The maximum atomic E-state index is 11.5. The van der Waals surface area contributed by atoms with Crippen LogP contribution in [0.25, 0.3) is 0 Å². The highest BCUT2D eigenvalue weighted by Gasteiger charge is 2.13. The summed E-state index contributed by atoms with van der Waals surface area (Å²) in [5.41, 5.74) is 0.593. The minimum Gasteiger partial charge on any atom is -0.497 e. The van der Waals surface area contributed by atoms with Gasteiger partial charge in [-0.1, -0.05) is 6.07 Å². The van der Waals surface area contributed by atoms with Crippen LogP contribution in [-0.4, -0.2) is 29.0 Å². The first kappa shape index (κ1) is 14.7. The highest BCUT2D eigenvalue weighted by atomic mass is 31.2. The summed E-state index contributed by atoms with van der Waals surface area (Å²) in [4.78, 5) is 28.8. The fraction of sp³-hybridized carbons (Fsp3) is 0.364. The molecule has 0 aliphatic carbocycles. The molecule has 0 heterocycles. The average molecular weight is 273 g/mol. The van der Waals surface area contributed by atoms with E-state index in [-0.39, 0.29) is 24.9 Å². The Balaban J connectivity index is 2.42. The molecule has 3 N–H and O–H groups in total. The van der Waals surface area contributed by atoms with Gasteiger partial charge >= 0.3 is 7.60 Å². The number of benzene rings is 1. The Morgan fingerprint density at radius 3 is 2.78 bits per heavy atom. The molecule has 0 bridgehead atoms. The van der Waals surface area contributed by atoms with Gasteiger partial charge in [-0.25, -0.2) is 0 Å². The maximum absolute atomic E-state index is 11.5. The van der Waals surface area contributed by atoms with E-state index >= 15 is 0 Å². The monoisotopic (exact) mass is 273 g/mol. The lowest BCUT2D eigenvalue weighted by atomic mass is 10.2. The van der Waals surface area contributed by atoms with Gasteiger partial charge in [-0.2, -0.15) is 0 Å². The second-order valence-electron chi connectivity index (χ2n) is 3.77. The van der Waals surface area contributed by atoms with Gasteiger partial charge in [0.1, 0.15) is 5.75 Å². The minimum atomic E-state index is -4.02. The Labute approximate surface area is 105 Å². The number of hydrogen-bond acceptors (Lipinski definition) is 3. The van der Waals surface area contributed by atoms with E-state index in [1.807, 2.05) is 0 Å². The van der Waals surface area contributed by atoms with Crippen LogP contribution < -0.4 is 10.1 Å².